The molecule has 0 heterocycles. The van der Waals surface area contributed by atoms with Crippen molar-refractivity contribution >= 4 is 23.6 Å². The van der Waals surface area contributed by atoms with E-state index in [0.717, 1.165) is 23.8 Å². The largest absolute Gasteiger partial charge is 0.465 e. The standard InChI is InChI=1S/C24H32N2O3/c1-5-29-22(27)24(3,14-28-4)18-6-7-19(25)20(10-18)26-13-17-9-15-8-16-12-23(2,11-15)21(16)17/h6-7,10,13,15-16H,5,8-9,11-12,14,25H2,1-4H3/b26-13+. The first kappa shape index (κ1) is 20.1. The van der Waals surface area contributed by atoms with Crippen molar-refractivity contribution in [2.24, 2.45) is 22.2 Å². The number of methoxy groups -OCH3 is 1. The first-order chi connectivity index (χ1) is 13.8. The molecule has 4 bridgehead atoms. The first-order valence-electron chi connectivity index (χ1n) is 10.6. The molecule has 0 aromatic heterocycles. The van der Waals surface area contributed by atoms with Crippen LogP contribution in [0.25, 0.3) is 0 Å². The average molecular weight is 397 g/mol. The van der Waals surface area contributed by atoms with Crippen LogP contribution in [0.4, 0.5) is 11.4 Å². The van der Waals surface area contributed by atoms with E-state index >= 15 is 0 Å². The van der Waals surface area contributed by atoms with Crippen molar-refractivity contribution in [3.05, 3.63) is 34.9 Å². The van der Waals surface area contributed by atoms with Crippen molar-refractivity contribution in [3.63, 3.8) is 0 Å². The Morgan fingerprint density at radius 3 is 2.86 bits per heavy atom. The van der Waals surface area contributed by atoms with Gasteiger partial charge in [0, 0.05) is 13.3 Å². The van der Waals surface area contributed by atoms with Gasteiger partial charge >= 0.3 is 5.97 Å². The van der Waals surface area contributed by atoms with E-state index in [2.05, 4.69) is 6.92 Å². The number of carbonyl (C=O) groups is 1. The summed E-state index contributed by atoms with van der Waals surface area (Å²) in [6, 6.07) is 5.58. The van der Waals surface area contributed by atoms with Gasteiger partial charge in [-0.05, 0) is 80.1 Å². The molecule has 5 aliphatic rings. The molecule has 5 aliphatic carbocycles. The summed E-state index contributed by atoms with van der Waals surface area (Å²) >= 11 is 0. The Bertz CT molecular complexity index is 890. The van der Waals surface area contributed by atoms with Crippen LogP contribution >= 0.6 is 0 Å². The van der Waals surface area contributed by atoms with Crippen LogP contribution in [-0.4, -0.2) is 32.5 Å². The normalized spacial score (nSPS) is 29.7. The van der Waals surface area contributed by atoms with Crippen LogP contribution in [0.2, 0.25) is 0 Å². The van der Waals surface area contributed by atoms with Crippen molar-refractivity contribution in [2.45, 2.75) is 51.9 Å². The monoisotopic (exact) mass is 396 g/mol. The molecule has 156 valence electrons. The zero-order valence-corrected chi connectivity index (χ0v) is 18.0. The highest BCUT2D eigenvalue weighted by atomic mass is 16.5. The highest BCUT2D eigenvalue weighted by Crippen LogP contribution is 2.66. The van der Waals surface area contributed by atoms with Gasteiger partial charge in [-0.1, -0.05) is 18.6 Å². The molecule has 0 amide bonds. The van der Waals surface area contributed by atoms with Crippen molar-refractivity contribution in [1.82, 2.24) is 0 Å². The summed E-state index contributed by atoms with van der Waals surface area (Å²) in [5.74, 6) is 1.27. The molecule has 3 saturated carbocycles. The van der Waals surface area contributed by atoms with Crippen LogP contribution in [-0.2, 0) is 19.7 Å². The van der Waals surface area contributed by atoms with Crippen molar-refractivity contribution in [3.8, 4) is 0 Å². The maximum Gasteiger partial charge on any atom is 0.318 e. The summed E-state index contributed by atoms with van der Waals surface area (Å²) in [5, 5.41) is 0. The van der Waals surface area contributed by atoms with Crippen molar-refractivity contribution in [1.29, 1.82) is 0 Å². The van der Waals surface area contributed by atoms with Gasteiger partial charge in [-0.3, -0.25) is 9.79 Å². The topological polar surface area (TPSA) is 73.9 Å². The smallest absolute Gasteiger partial charge is 0.318 e. The van der Waals surface area contributed by atoms with Crippen LogP contribution in [0, 0.1) is 17.3 Å². The Balaban J connectivity index is 1.65. The average Bonchev–Trinajstić information content (AvgIpc) is 2.66. The van der Waals surface area contributed by atoms with Gasteiger partial charge in [0.2, 0.25) is 0 Å². The van der Waals surface area contributed by atoms with Gasteiger partial charge < -0.3 is 15.2 Å². The Hall–Kier alpha value is -2.14. The van der Waals surface area contributed by atoms with Gasteiger partial charge in [-0.15, -0.1) is 0 Å². The lowest BCUT2D eigenvalue weighted by molar-refractivity contribution is -0.151. The van der Waals surface area contributed by atoms with Gasteiger partial charge in [-0.2, -0.15) is 0 Å². The third-order valence-electron chi connectivity index (χ3n) is 7.15. The number of hydrogen-bond donors (Lipinski definition) is 1. The zero-order chi connectivity index (χ0) is 20.8. The number of fused-ring (bicyclic) bond motifs is 1. The number of ether oxygens (including phenoxy) is 2. The predicted octanol–water partition coefficient (Wildman–Crippen LogP) is 4.57. The molecule has 2 N–H and O–H groups in total. The summed E-state index contributed by atoms with van der Waals surface area (Å²) in [4.78, 5) is 17.4. The van der Waals surface area contributed by atoms with E-state index in [-0.39, 0.29) is 12.6 Å². The Morgan fingerprint density at radius 2 is 2.21 bits per heavy atom. The third kappa shape index (κ3) is 3.29. The van der Waals surface area contributed by atoms with E-state index in [1.807, 2.05) is 38.3 Å². The Morgan fingerprint density at radius 1 is 1.41 bits per heavy atom. The Kier molecular flexibility index (Phi) is 5.06. The van der Waals surface area contributed by atoms with Crippen molar-refractivity contribution < 1.29 is 14.3 Å². The lowest BCUT2D eigenvalue weighted by Crippen LogP contribution is -2.49. The minimum atomic E-state index is -0.899. The fourth-order valence-corrected chi connectivity index (χ4v) is 5.97. The lowest BCUT2D eigenvalue weighted by Gasteiger charge is -2.60. The summed E-state index contributed by atoms with van der Waals surface area (Å²) in [6.07, 6.45) is 7.19. The molecule has 0 radical (unpaired) electrons. The number of carbonyl (C=O) groups excluding carboxylic acids is 1. The first-order valence-corrected chi connectivity index (χ1v) is 10.6. The summed E-state index contributed by atoms with van der Waals surface area (Å²) < 4.78 is 10.6. The second-order valence-electron chi connectivity index (χ2n) is 9.43. The molecule has 4 atom stereocenters. The van der Waals surface area contributed by atoms with Crippen LogP contribution < -0.4 is 5.73 Å². The van der Waals surface area contributed by atoms with Crippen LogP contribution in [0.1, 0.15) is 52.0 Å². The molecular weight excluding hydrogens is 364 g/mol. The fourth-order valence-electron chi connectivity index (χ4n) is 5.97. The molecule has 6 rings (SSSR count). The number of nitrogens with zero attached hydrogens (tertiary/aromatic N) is 1. The van der Waals surface area contributed by atoms with Gasteiger partial charge in [0.15, 0.2) is 0 Å². The maximum absolute atomic E-state index is 12.6. The molecule has 5 heteroatoms. The lowest BCUT2D eigenvalue weighted by atomic mass is 9.44. The summed E-state index contributed by atoms with van der Waals surface area (Å²) in [7, 11) is 1.59. The number of benzene rings is 1. The third-order valence-corrected chi connectivity index (χ3v) is 7.15. The van der Waals surface area contributed by atoms with E-state index in [4.69, 9.17) is 20.2 Å². The van der Waals surface area contributed by atoms with Crippen LogP contribution in [0.15, 0.2) is 34.3 Å². The predicted molar refractivity (Wildman–Crippen MR) is 115 cm³/mol. The number of esters is 1. The van der Waals surface area contributed by atoms with E-state index in [0.29, 0.717) is 23.4 Å². The number of allylic oxidation sites excluding steroid dienone is 2. The molecule has 4 unspecified atom stereocenters. The second kappa shape index (κ2) is 7.28. The maximum atomic E-state index is 12.6. The highest BCUT2D eigenvalue weighted by Gasteiger charge is 2.55. The molecular formula is C24H32N2O3. The number of rotatable bonds is 7. The number of hydrogen-bond acceptors (Lipinski definition) is 5. The minimum Gasteiger partial charge on any atom is -0.465 e. The number of anilines is 1. The van der Waals surface area contributed by atoms with E-state index in [9.17, 15) is 4.79 Å². The zero-order valence-electron chi connectivity index (χ0n) is 18.0. The molecule has 5 nitrogen and oxygen atoms in total. The van der Waals surface area contributed by atoms with Gasteiger partial charge in [0.25, 0.3) is 0 Å². The molecule has 0 saturated heterocycles. The van der Waals surface area contributed by atoms with Gasteiger partial charge in [0.05, 0.1) is 24.6 Å². The Labute approximate surface area is 173 Å². The number of nitrogens with two attached hydrogens (primary N) is 1. The summed E-state index contributed by atoms with van der Waals surface area (Å²) in [6.45, 7) is 6.61. The second-order valence-corrected chi connectivity index (χ2v) is 9.43. The molecule has 3 fully saturated rings. The van der Waals surface area contributed by atoms with Gasteiger partial charge in [0.1, 0.15) is 5.41 Å². The fraction of sp³-hybridized carbons (Fsp3) is 0.583. The number of aliphatic imine (C=N–C) groups is 1. The van der Waals surface area contributed by atoms with Gasteiger partial charge in [-0.25, -0.2) is 0 Å². The SMILES string of the molecule is CCOC(=O)C(C)(COC)c1ccc(N)c(/N=C/C2=C3C4CC(C2)CC3(C)C4)c1. The van der Waals surface area contributed by atoms with Crippen LogP contribution in [0.3, 0.4) is 0 Å². The van der Waals surface area contributed by atoms with E-state index in [1.54, 1.807) is 12.7 Å². The van der Waals surface area contributed by atoms with E-state index < -0.39 is 5.41 Å². The molecule has 0 spiro atoms. The van der Waals surface area contributed by atoms with E-state index in [1.165, 1.54) is 24.8 Å². The highest BCUT2D eigenvalue weighted by molar-refractivity contribution is 5.87. The minimum absolute atomic E-state index is 0.232. The molecule has 1 aromatic carbocycles. The van der Waals surface area contributed by atoms with Crippen LogP contribution in [0.5, 0.6) is 0 Å². The molecule has 0 aliphatic heterocycles. The molecule has 29 heavy (non-hydrogen) atoms. The number of nitrogen functional groups attached to an aromatic ring is 1. The van der Waals surface area contributed by atoms with Crippen molar-refractivity contribution in [2.75, 3.05) is 26.1 Å². The molecule has 1 aromatic rings. The summed E-state index contributed by atoms with van der Waals surface area (Å²) in [5.41, 5.74) is 10.9. The quantitative estimate of drug-likeness (QED) is 0.416.